The number of amides is 1. The zero-order valence-electron chi connectivity index (χ0n) is 20.5. The number of hydrogen-bond donors (Lipinski definition) is 1. The molecule has 2 aromatic carbocycles. The number of carbonyl (C=O) groups is 1. The highest BCUT2D eigenvalue weighted by molar-refractivity contribution is 7.89. The molecule has 0 spiro atoms. The van der Waals surface area contributed by atoms with E-state index in [2.05, 4.69) is 41.3 Å². The zero-order valence-corrected chi connectivity index (χ0v) is 21.3. The Balaban J connectivity index is 1.47. The van der Waals surface area contributed by atoms with Crippen LogP contribution in [0.2, 0.25) is 0 Å². The lowest BCUT2D eigenvalue weighted by molar-refractivity contribution is 0.0947. The SMILES string of the molecule is COc1ccc(CNC(=O)c2cn(C)nc2S(=O)(=O)N2CCN(c3cccc(C)c3C)CC2)cc1. The molecular formula is C25H31N5O4S. The van der Waals surface area contributed by atoms with Gasteiger partial charge in [-0.2, -0.15) is 9.40 Å². The van der Waals surface area contributed by atoms with E-state index in [1.165, 1.54) is 26.3 Å². The number of carbonyl (C=O) groups excluding carboxylic acids is 1. The second-order valence-corrected chi connectivity index (χ2v) is 10.5. The maximum Gasteiger partial charge on any atom is 0.263 e. The van der Waals surface area contributed by atoms with E-state index in [0.717, 1.165) is 17.0 Å². The first-order chi connectivity index (χ1) is 16.7. The van der Waals surface area contributed by atoms with Crippen LogP contribution < -0.4 is 15.0 Å². The van der Waals surface area contributed by atoms with Gasteiger partial charge in [0, 0.05) is 51.7 Å². The van der Waals surface area contributed by atoms with E-state index in [-0.39, 0.29) is 17.1 Å². The normalized spacial score (nSPS) is 14.7. The molecule has 1 aromatic heterocycles. The molecule has 9 nitrogen and oxygen atoms in total. The number of ether oxygens (including phenoxy) is 1. The van der Waals surface area contributed by atoms with Gasteiger partial charge in [0.1, 0.15) is 5.75 Å². The van der Waals surface area contributed by atoms with Crippen LogP contribution in [0.5, 0.6) is 5.75 Å². The van der Waals surface area contributed by atoms with Crippen LogP contribution in [-0.4, -0.2) is 61.7 Å². The number of nitrogens with one attached hydrogen (secondary N) is 1. The molecule has 2 heterocycles. The minimum Gasteiger partial charge on any atom is -0.497 e. The topological polar surface area (TPSA) is 96.8 Å². The standard InChI is InChI=1S/C25H31N5O4S/c1-18-6-5-7-23(19(18)2)29-12-14-30(15-13-29)35(32,33)25-22(17-28(3)27-25)24(31)26-16-20-8-10-21(34-4)11-9-20/h5-11,17H,12-16H2,1-4H3,(H,26,31). The van der Waals surface area contributed by atoms with Gasteiger partial charge in [-0.15, -0.1) is 0 Å². The Morgan fingerprint density at radius 2 is 1.74 bits per heavy atom. The van der Waals surface area contributed by atoms with Gasteiger partial charge in [-0.3, -0.25) is 9.48 Å². The Kier molecular flexibility index (Phi) is 7.13. The molecule has 186 valence electrons. The third kappa shape index (κ3) is 5.18. The van der Waals surface area contributed by atoms with E-state index >= 15 is 0 Å². The molecule has 4 rings (SSSR count). The van der Waals surface area contributed by atoms with Crippen molar-refractivity contribution in [1.82, 2.24) is 19.4 Å². The van der Waals surface area contributed by atoms with Gasteiger partial charge in [-0.05, 0) is 48.7 Å². The lowest BCUT2D eigenvalue weighted by Crippen LogP contribution is -2.49. The molecule has 1 saturated heterocycles. The predicted octanol–water partition coefficient (Wildman–Crippen LogP) is 2.49. The minimum atomic E-state index is -3.94. The second kappa shape index (κ2) is 10.1. The summed E-state index contributed by atoms with van der Waals surface area (Å²) in [6, 6.07) is 13.5. The van der Waals surface area contributed by atoms with Gasteiger partial charge in [0.2, 0.25) is 5.03 Å². The quantitative estimate of drug-likeness (QED) is 0.539. The number of sulfonamides is 1. The van der Waals surface area contributed by atoms with Crippen molar-refractivity contribution >= 4 is 21.6 Å². The van der Waals surface area contributed by atoms with E-state index in [9.17, 15) is 13.2 Å². The average Bonchev–Trinajstić information content (AvgIpc) is 3.27. The van der Waals surface area contributed by atoms with E-state index in [4.69, 9.17) is 4.74 Å². The molecule has 0 radical (unpaired) electrons. The number of hydrogen-bond acceptors (Lipinski definition) is 6. The first kappa shape index (κ1) is 24.7. The molecule has 1 fully saturated rings. The average molecular weight is 498 g/mol. The van der Waals surface area contributed by atoms with Gasteiger partial charge in [0.25, 0.3) is 15.9 Å². The van der Waals surface area contributed by atoms with Crippen LogP contribution in [-0.2, 0) is 23.6 Å². The van der Waals surface area contributed by atoms with E-state index in [0.29, 0.717) is 26.2 Å². The largest absolute Gasteiger partial charge is 0.497 e. The third-order valence-electron chi connectivity index (χ3n) is 6.39. The van der Waals surface area contributed by atoms with Crippen molar-refractivity contribution in [3.8, 4) is 5.75 Å². The molecular weight excluding hydrogens is 466 g/mol. The Morgan fingerprint density at radius 3 is 2.40 bits per heavy atom. The van der Waals surface area contributed by atoms with Gasteiger partial charge < -0.3 is 15.0 Å². The maximum atomic E-state index is 13.5. The molecule has 35 heavy (non-hydrogen) atoms. The number of aryl methyl sites for hydroxylation is 2. The van der Waals surface area contributed by atoms with E-state index in [1.807, 2.05) is 18.2 Å². The van der Waals surface area contributed by atoms with E-state index < -0.39 is 15.9 Å². The summed E-state index contributed by atoms with van der Waals surface area (Å²) < 4.78 is 34.9. The van der Waals surface area contributed by atoms with Crippen LogP contribution in [0, 0.1) is 13.8 Å². The molecule has 0 bridgehead atoms. The molecule has 0 unspecified atom stereocenters. The van der Waals surface area contributed by atoms with Gasteiger partial charge in [-0.25, -0.2) is 8.42 Å². The zero-order chi connectivity index (χ0) is 25.2. The first-order valence-corrected chi connectivity index (χ1v) is 12.9. The molecule has 0 atom stereocenters. The number of rotatable bonds is 7. The Bertz CT molecular complexity index is 1310. The lowest BCUT2D eigenvalue weighted by Gasteiger charge is -2.36. The van der Waals surface area contributed by atoms with Gasteiger partial charge >= 0.3 is 0 Å². The first-order valence-electron chi connectivity index (χ1n) is 11.5. The summed E-state index contributed by atoms with van der Waals surface area (Å²) in [5.74, 6) is 0.236. The van der Waals surface area contributed by atoms with Gasteiger partial charge in [0.05, 0.1) is 12.7 Å². The molecule has 3 aromatic rings. The van der Waals surface area contributed by atoms with Crippen LogP contribution in [0.4, 0.5) is 5.69 Å². The van der Waals surface area contributed by atoms with Crippen molar-refractivity contribution in [2.24, 2.45) is 7.05 Å². The summed E-state index contributed by atoms with van der Waals surface area (Å²) in [5.41, 5.74) is 4.44. The van der Waals surface area contributed by atoms with Crippen LogP contribution in [0.15, 0.2) is 53.7 Å². The summed E-state index contributed by atoms with van der Waals surface area (Å²) in [6.45, 7) is 6.18. The fraction of sp³-hybridized carbons (Fsp3) is 0.360. The fourth-order valence-electron chi connectivity index (χ4n) is 4.21. The number of methoxy groups -OCH3 is 1. The van der Waals surface area contributed by atoms with Crippen LogP contribution in [0.3, 0.4) is 0 Å². The van der Waals surface area contributed by atoms with Crippen molar-refractivity contribution < 1.29 is 17.9 Å². The number of anilines is 1. The molecule has 1 N–H and O–H groups in total. The van der Waals surface area contributed by atoms with Crippen molar-refractivity contribution in [3.63, 3.8) is 0 Å². The molecule has 0 saturated carbocycles. The Labute approximate surface area is 206 Å². The summed E-state index contributed by atoms with van der Waals surface area (Å²) in [7, 11) is -0.739. The lowest BCUT2D eigenvalue weighted by atomic mass is 10.1. The van der Waals surface area contributed by atoms with Crippen LogP contribution >= 0.6 is 0 Å². The van der Waals surface area contributed by atoms with Crippen molar-refractivity contribution in [2.45, 2.75) is 25.4 Å². The molecule has 1 amide bonds. The fourth-order valence-corrected chi connectivity index (χ4v) is 5.75. The second-order valence-electron chi connectivity index (χ2n) is 8.66. The summed E-state index contributed by atoms with van der Waals surface area (Å²) in [6.07, 6.45) is 1.45. The third-order valence-corrected chi connectivity index (χ3v) is 8.23. The Morgan fingerprint density at radius 1 is 1.06 bits per heavy atom. The highest BCUT2D eigenvalue weighted by Gasteiger charge is 2.34. The highest BCUT2D eigenvalue weighted by atomic mass is 32.2. The van der Waals surface area contributed by atoms with Gasteiger partial charge in [-0.1, -0.05) is 24.3 Å². The summed E-state index contributed by atoms with van der Waals surface area (Å²) in [5, 5.41) is 6.74. The highest BCUT2D eigenvalue weighted by Crippen LogP contribution is 2.26. The predicted molar refractivity (Wildman–Crippen MR) is 134 cm³/mol. The van der Waals surface area contributed by atoms with Gasteiger partial charge in [0.15, 0.2) is 0 Å². The summed E-state index contributed by atoms with van der Waals surface area (Å²) >= 11 is 0. The molecule has 0 aliphatic carbocycles. The van der Waals surface area contributed by atoms with Crippen LogP contribution in [0.1, 0.15) is 27.0 Å². The van der Waals surface area contributed by atoms with Crippen molar-refractivity contribution in [1.29, 1.82) is 0 Å². The number of benzene rings is 2. The van der Waals surface area contributed by atoms with Crippen molar-refractivity contribution in [2.75, 3.05) is 38.2 Å². The van der Waals surface area contributed by atoms with E-state index in [1.54, 1.807) is 26.3 Å². The number of nitrogens with zero attached hydrogens (tertiary/aromatic N) is 4. The molecule has 1 aliphatic heterocycles. The monoisotopic (exact) mass is 497 g/mol. The molecule has 10 heteroatoms. The summed E-state index contributed by atoms with van der Waals surface area (Å²) in [4.78, 5) is 15.1. The van der Waals surface area contributed by atoms with Crippen molar-refractivity contribution in [3.05, 3.63) is 70.9 Å². The number of piperazine rings is 1. The molecule has 1 aliphatic rings. The minimum absolute atomic E-state index is 0.0398. The smallest absolute Gasteiger partial charge is 0.263 e. The maximum absolute atomic E-state index is 13.5. The van der Waals surface area contributed by atoms with Crippen LogP contribution in [0.25, 0.3) is 0 Å². The number of aromatic nitrogens is 2. The Hall–Kier alpha value is -3.37.